The lowest BCUT2D eigenvalue weighted by Crippen LogP contribution is -1.90. The smallest absolute Gasteiger partial charge is 0.172 e. The molecule has 0 heterocycles. The van der Waals surface area contributed by atoms with E-state index in [1.54, 1.807) is 0 Å². The third kappa shape index (κ3) is 8.64. The zero-order valence-corrected chi connectivity index (χ0v) is 8.09. The summed E-state index contributed by atoms with van der Waals surface area (Å²) >= 11 is 11.1. The Morgan fingerprint density at radius 2 is 1.60 bits per heavy atom. The van der Waals surface area contributed by atoms with Gasteiger partial charge in [-0.3, -0.25) is 0 Å². The minimum absolute atomic E-state index is 0.151. The highest BCUT2D eigenvalue weighted by Crippen LogP contribution is 2.11. The van der Waals surface area contributed by atoms with E-state index in [0.717, 1.165) is 6.32 Å². The second-order valence-corrected chi connectivity index (χ2v) is 3.87. The molecule has 0 spiro atoms. The monoisotopic (exact) mass is 180 g/mol. The van der Waals surface area contributed by atoms with Gasteiger partial charge in [0.1, 0.15) is 0 Å². The summed E-state index contributed by atoms with van der Waals surface area (Å²) in [6, 6.07) is 0. The first-order chi connectivity index (χ1) is 4.77. The molecule has 0 aliphatic heterocycles. The van der Waals surface area contributed by atoms with Crippen molar-refractivity contribution in [3.05, 3.63) is 0 Å². The van der Waals surface area contributed by atoms with Crippen molar-refractivity contribution in [2.75, 3.05) is 0 Å². The molecular weight excluding hydrogens is 166 g/mol. The average molecular weight is 181 g/mol. The predicted molar refractivity (Wildman–Crippen MR) is 51.0 cm³/mol. The van der Waals surface area contributed by atoms with Crippen molar-refractivity contribution in [2.24, 2.45) is 0 Å². The van der Waals surface area contributed by atoms with Crippen LogP contribution >= 0.6 is 22.9 Å². The molecule has 60 valence electrons. The van der Waals surface area contributed by atoms with Gasteiger partial charge in [-0.2, -0.15) is 22.9 Å². The van der Waals surface area contributed by atoms with Crippen LogP contribution in [0.15, 0.2) is 0 Å². The summed E-state index contributed by atoms with van der Waals surface area (Å²) in [7, 11) is 0. The molecule has 0 bridgehead atoms. The molecule has 0 aromatic carbocycles. The highest BCUT2D eigenvalue weighted by molar-refractivity contribution is 7.33. The van der Waals surface area contributed by atoms with Gasteiger partial charge in [-0.25, -0.2) is 0 Å². The lowest BCUT2D eigenvalue weighted by molar-refractivity contribution is 0.655. The van der Waals surface area contributed by atoms with Crippen molar-refractivity contribution >= 4 is 28.5 Å². The molecule has 0 atom stereocenters. The van der Waals surface area contributed by atoms with Gasteiger partial charge in [0.05, 0.1) is 0 Å². The molecule has 0 rings (SSSR count). The first kappa shape index (κ1) is 10.6. The van der Waals surface area contributed by atoms with Crippen molar-refractivity contribution < 1.29 is 0 Å². The molecular formula is C7H15BCl2. The number of hydrogen-bond acceptors (Lipinski definition) is 0. The summed E-state index contributed by atoms with van der Waals surface area (Å²) in [6.07, 6.45) is 7.38. The van der Waals surface area contributed by atoms with Gasteiger partial charge in [-0.15, -0.1) is 0 Å². The van der Waals surface area contributed by atoms with Crippen molar-refractivity contribution in [3.63, 3.8) is 0 Å². The molecule has 3 heteroatoms. The van der Waals surface area contributed by atoms with Crippen molar-refractivity contribution in [3.8, 4) is 0 Å². The van der Waals surface area contributed by atoms with Crippen LogP contribution in [0.2, 0.25) is 6.32 Å². The second-order valence-electron chi connectivity index (χ2n) is 2.59. The minimum atomic E-state index is -0.151. The quantitative estimate of drug-likeness (QED) is 0.430. The van der Waals surface area contributed by atoms with Crippen LogP contribution in [0.4, 0.5) is 0 Å². The Balaban J connectivity index is 2.77. The molecule has 0 unspecified atom stereocenters. The maximum Gasteiger partial charge on any atom is 0.351 e. The van der Waals surface area contributed by atoms with E-state index in [1.165, 1.54) is 32.1 Å². The Kier molecular flexibility index (Phi) is 8.25. The number of unbranched alkanes of at least 4 members (excludes halogenated alkanes) is 4. The Bertz CT molecular complexity index is 66.6. The van der Waals surface area contributed by atoms with E-state index in [-0.39, 0.29) is 5.54 Å². The van der Waals surface area contributed by atoms with Crippen molar-refractivity contribution in [1.29, 1.82) is 0 Å². The fraction of sp³-hybridized carbons (Fsp3) is 1.00. The molecule has 10 heavy (non-hydrogen) atoms. The van der Waals surface area contributed by atoms with Crippen LogP contribution in [-0.2, 0) is 0 Å². The molecule has 0 aromatic heterocycles. The zero-order valence-electron chi connectivity index (χ0n) is 6.58. The van der Waals surface area contributed by atoms with Crippen LogP contribution in [-0.4, -0.2) is 5.54 Å². The van der Waals surface area contributed by atoms with Gasteiger partial charge in [-0.1, -0.05) is 39.0 Å². The lowest BCUT2D eigenvalue weighted by Gasteiger charge is -1.97. The highest BCUT2D eigenvalue weighted by atomic mass is 35.5. The third-order valence-electron chi connectivity index (χ3n) is 1.53. The predicted octanol–water partition coefficient (Wildman–Crippen LogP) is 3.92. The van der Waals surface area contributed by atoms with E-state index >= 15 is 0 Å². The highest BCUT2D eigenvalue weighted by Gasteiger charge is 2.03. The number of rotatable bonds is 6. The normalized spacial score (nSPS) is 9.90. The van der Waals surface area contributed by atoms with E-state index in [0.29, 0.717) is 0 Å². The maximum atomic E-state index is 5.56. The third-order valence-corrected chi connectivity index (χ3v) is 1.96. The van der Waals surface area contributed by atoms with Gasteiger partial charge in [-0.05, 0) is 6.32 Å². The van der Waals surface area contributed by atoms with E-state index in [4.69, 9.17) is 22.9 Å². The summed E-state index contributed by atoms with van der Waals surface area (Å²) in [5, 5.41) is 0. The molecule has 0 amide bonds. The van der Waals surface area contributed by atoms with Crippen molar-refractivity contribution in [1.82, 2.24) is 0 Å². The average Bonchev–Trinajstić information content (AvgIpc) is 1.87. The van der Waals surface area contributed by atoms with Gasteiger partial charge in [0.15, 0.2) is 0 Å². The van der Waals surface area contributed by atoms with Gasteiger partial charge in [0.2, 0.25) is 0 Å². The number of halogens is 2. The Hall–Kier alpha value is 0.645. The molecule has 0 nitrogen and oxygen atoms in total. The van der Waals surface area contributed by atoms with E-state index in [2.05, 4.69) is 6.92 Å². The summed E-state index contributed by atoms with van der Waals surface area (Å²) in [5.74, 6) is 0. The summed E-state index contributed by atoms with van der Waals surface area (Å²) in [5.41, 5.74) is -0.151. The van der Waals surface area contributed by atoms with E-state index in [1.807, 2.05) is 0 Å². The molecule has 0 aromatic rings. The van der Waals surface area contributed by atoms with Crippen LogP contribution < -0.4 is 0 Å². The van der Waals surface area contributed by atoms with Crippen LogP contribution in [0.25, 0.3) is 0 Å². The van der Waals surface area contributed by atoms with Gasteiger partial charge in [0, 0.05) is 0 Å². The zero-order chi connectivity index (χ0) is 7.82. The number of hydrogen-bond donors (Lipinski definition) is 0. The topological polar surface area (TPSA) is 0 Å². The first-order valence-corrected chi connectivity index (χ1v) is 4.92. The molecule has 0 aliphatic rings. The Morgan fingerprint density at radius 3 is 2.10 bits per heavy atom. The fourth-order valence-corrected chi connectivity index (χ4v) is 1.21. The largest absolute Gasteiger partial charge is 0.351 e. The first-order valence-electron chi connectivity index (χ1n) is 4.05. The summed E-state index contributed by atoms with van der Waals surface area (Å²) in [4.78, 5) is 0. The standard InChI is InChI=1S/C7H15BCl2/c1-2-3-4-5-6-7-8(9)10/h2-7H2,1H3. The Morgan fingerprint density at radius 1 is 1.00 bits per heavy atom. The summed E-state index contributed by atoms with van der Waals surface area (Å²) < 4.78 is 0. The molecule has 0 N–H and O–H groups in total. The SMILES string of the molecule is CCCCCCCB(Cl)Cl. The van der Waals surface area contributed by atoms with Gasteiger partial charge >= 0.3 is 5.54 Å². The van der Waals surface area contributed by atoms with Crippen LogP contribution in [0.5, 0.6) is 0 Å². The van der Waals surface area contributed by atoms with Crippen LogP contribution in [0.3, 0.4) is 0 Å². The second kappa shape index (κ2) is 7.75. The van der Waals surface area contributed by atoms with E-state index < -0.39 is 0 Å². The van der Waals surface area contributed by atoms with Gasteiger partial charge < -0.3 is 0 Å². The van der Waals surface area contributed by atoms with Gasteiger partial charge in [0.25, 0.3) is 0 Å². The molecule has 0 aliphatic carbocycles. The van der Waals surface area contributed by atoms with Crippen LogP contribution in [0.1, 0.15) is 39.0 Å². The maximum absolute atomic E-state index is 5.56. The Labute approximate surface area is 74.2 Å². The minimum Gasteiger partial charge on any atom is -0.172 e. The fourth-order valence-electron chi connectivity index (χ4n) is 0.902. The molecule has 0 fully saturated rings. The molecule has 0 radical (unpaired) electrons. The van der Waals surface area contributed by atoms with Crippen molar-refractivity contribution in [2.45, 2.75) is 45.3 Å². The molecule has 0 saturated carbocycles. The lowest BCUT2D eigenvalue weighted by atomic mass is 9.96. The van der Waals surface area contributed by atoms with Crippen LogP contribution in [0, 0.1) is 0 Å². The summed E-state index contributed by atoms with van der Waals surface area (Å²) in [6.45, 7) is 2.21. The molecule has 0 saturated heterocycles. The van der Waals surface area contributed by atoms with E-state index in [9.17, 15) is 0 Å².